The maximum Gasteiger partial charge on any atom is 3.00 e. The maximum atomic E-state index is 0. The zero-order valence-corrected chi connectivity index (χ0v) is 6.23. The molecule has 0 atom stereocenters. The van der Waals surface area contributed by atoms with Gasteiger partial charge in [0.2, 0.25) is 0 Å². The van der Waals surface area contributed by atoms with Crippen LogP contribution in [0.15, 0.2) is 0 Å². The summed E-state index contributed by atoms with van der Waals surface area (Å²) in [5.74, 6) is 0. The van der Waals surface area contributed by atoms with Gasteiger partial charge in [0.15, 0.2) is 0 Å². The SMILES string of the molecule is O.O.O.[In+3].[O-2].[OH-]. The second-order valence-electron chi connectivity index (χ2n) is 0. The number of rotatable bonds is 0. The van der Waals surface area contributed by atoms with Crippen LogP contribution in [0.25, 0.3) is 0 Å². The van der Waals surface area contributed by atoms with E-state index in [-0.39, 0.29) is 53.2 Å². The third-order valence-electron chi connectivity index (χ3n) is 0. The fourth-order valence-electron chi connectivity index (χ4n) is 0. The summed E-state index contributed by atoms with van der Waals surface area (Å²) in [6.45, 7) is 0. The van der Waals surface area contributed by atoms with Crippen LogP contribution in [-0.2, 0) is 5.48 Å². The van der Waals surface area contributed by atoms with Gasteiger partial charge in [-0.15, -0.1) is 0 Å². The molecule has 0 aliphatic heterocycles. The molecule has 0 aliphatic rings. The largest absolute Gasteiger partial charge is 3.00 e. The molecule has 0 radical (unpaired) electrons. The fourth-order valence-corrected chi connectivity index (χ4v) is 0. The van der Waals surface area contributed by atoms with Crippen LogP contribution in [0.3, 0.4) is 0 Å². The maximum absolute atomic E-state index is 0. The first kappa shape index (κ1) is 478. The van der Waals surface area contributed by atoms with Gasteiger partial charge in [0.25, 0.3) is 0 Å². The summed E-state index contributed by atoms with van der Waals surface area (Å²) >= 11 is 0. The summed E-state index contributed by atoms with van der Waals surface area (Å²) in [6.07, 6.45) is 0. The van der Waals surface area contributed by atoms with Gasteiger partial charge < -0.3 is 27.4 Å². The van der Waals surface area contributed by atoms with Gasteiger partial charge in [0, 0.05) is 0 Å². The van der Waals surface area contributed by atoms with Crippen molar-refractivity contribution in [2.45, 2.75) is 0 Å². The Kier molecular flexibility index (Phi) is 21900. The molecule has 0 saturated carbocycles. The molecule has 0 amide bonds. The molecule has 0 rings (SSSR count). The van der Waals surface area contributed by atoms with E-state index in [1.807, 2.05) is 0 Å². The van der Waals surface area contributed by atoms with Crippen molar-refractivity contribution in [1.29, 1.82) is 0 Å². The molecular weight excluding hydrogens is 195 g/mol. The van der Waals surface area contributed by atoms with E-state index >= 15 is 0 Å². The van der Waals surface area contributed by atoms with Crippen molar-refractivity contribution in [2.75, 3.05) is 0 Å². The minimum atomic E-state index is 0. The van der Waals surface area contributed by atoms with E-state index in [1.54, 1.807) is 0 Å². The van der Waals surface area contributed by atoms with E-state index in [4.69, 9.17) is 0 Å². The standard InChI is InChI=1S/In.4H2O.O/h;4*1H2;/q+3;;;;;-2/p-1. The number of hydrogen-bond donors (Lipinski definition) is 0. The molecule has 0 aromatic carbocycles. The number of hydrogen-bond acceptors (Lipinski definition) is 1. The van der Waals surface area contributed by atoms with Gasteiger partial charge >= 0.3 is 25.8 Å². The molecule has 0 aliphatic carbocycles. The van der Waals surface area contributed by atoms with Crippen molar-refractivity contribution in [3.63, 3.8) is 0 Å². The Morgan fingerprint density at radius 1 is 0.667 bits per heavy atom. The van der Waals surface area contributed by atoms with E-state index in [0.717, 1.165) is 0 Å². The first-order chi connectivity index (χ1) is 0. The first-order valence-corrected chi connectivity index (χ1v) is 0. The molecule has 7 N–H and O–H groups in total. The molecule has 0 aromatic heterocycles. The van der Waals surface area contributed by atoms with Gasteiger partial charge in [-0.1, -0.05) is 0 Å². The zero-order chi connectivity index (χ0) is 0. The Labute approximate surface area is 53.7 Å². The molecule has 6 heavy (non-hydrogen) atoms. The van der Waals surface area contributed by atoms with Crippen LogP contribution >= 0.6 is 0 Å². The molecule has 0 bridgehead atoms. The molecular formula is H7InO5. The molecule has 0 heterocycles. The van der Waals surface area contributed by atoms with Gasteiger partial charge in [0.05, 0.1) is 0 Å². The normalized spacial score (nSPS) is 0. The van der Waals surface area contributed by atoms with Gasteiger partial charge in [-0.2, -0.15) is 0 Å². The third kappa shape index (κ3) is 140. The Morgan fingerprint density at radius 2 is 0.667 bits per heavy atom. The van der Waals surface area contributed by atoms with Gasteiger partial charge in [0.1, 0.15) is 0 Å². The van der Waals surface area contributed by atoms with Crippen LogP contribution < -0.4 is 0 Å². The summed E-state index contributed by atoms with van der Waals surface area (Å²) < 4.78 is 0. The van der Waals surface area contributed by atoms with Crippen molar-refractivity contribution >= 4 is 25.8 Å². The van der Waals surface area contributed by atoms with Crippen LogP contribution in [0, 0.1) is 0 Å². The Bertz CT molecular complexity index is 3.90. The van der Waals surface area contributed by atoms with Crippen molar-refractivity contribution in [3.8, 4) is 0 Å². The van der Waals surface area contributed by atoms with E-state index in [9.17, 15) is 0 Å². The third-order valence-corrected chi connectivity index (χ3v) is 0. The smallest absolute Gasteiger partial charge is 2.00 e. The van der Waals surface area contributed by atoms with Gasteiger partial charge in [-0.3, -0.25) is 0 Å². The summed E-state index contributed by atoms with van der Waals surface area (Å²) in [5, 5.41) is 0. The van der Waals surface area contributed by atoms with E-state index in [0.29, 0.717) is 0 Å². The van der Waals surface area contributed by atoms with Crippen LogP contribution in [0.2, 0.25) is 0 Å². The molecule has 6 heteroatoms. The van der Waals surface area contributed by atoms with Crippen molar-refractivity contribution in [3.05, 3.63) is 0 Å². The molecule has 0 fully saturated rings. The van der Waals surface area contributed by atoms with Crippen molar-refractivity contribution in [2.24, 2.45) is 0 Å². The van der Waals surface area contributed by atoms with Crippen molar-refractivity contribution < 1.29 is 27.4 Å². The van der Waals surface area contributed by atoms with E-state index in [2.05, 4.69) is 0 Å². The topological polar surface area (TPSA) is 153 Å². The second kappa shape index (κ2) is 275. The summed E-state index contributed by atoms with van der Waals surface area (Å²) in [7, 11) is 0. The minimum Gasteiger partial charge on any atom is -2.00 e. The Hall–Kier alpha value is 0.670. The molecule has 0 aromatic rings. The average molecular weight is 202 g/mol. The fraction of sp³-hybridized carbons (Fsp3) is 0. The van der Waals surface area contributed by atoms with Crippen molar-refractivity contribution in [1.82, 2.24) is 0 Å². The van der Waals surface area contributed by atoms with Crippen LogP contribution in [0.1, 0.15) is 0 Å². The Morgan fingerprint density at radius 3 is 0.667 bits per heavy atom. The second-order valence-corrected chi connectivity index (χ2v) is 0. The zero-order valence-electron chi connectivity index (χ0n) is 2.93. The average Bonchev–Trinajstić information content (AvgIpc) is 0. The van der Waals surface area contributed by atoms with Crippen LogP contribution in [-0.4, -0.2) is 47.7 Å². The summed E-state index contributed by atoms with van der Waals surface area (Å²) in [4.78, 5) is 0. The van der Waals surface area contributed by atoms with E-state index in [1.165, 1.54) is 0 Å². The predicted molar refractivity (Wildman–Crippen MR) is 19.2 cm³/mol. The molecule has 0 unspecified atom stereocenters. The molecule has 40 valence electrons. The van der Waals surface area contributed by atoms with E-state index < -0.39 is 0 Å². The molecule has 0 spiro atoms. The first-order valence-electron chi connectivity index (χ1n) is 0. The van der Waals surface area contributed by atoms with Crippen LogP contribution in [0.5, 0.6) is 0 Å². The minimum absolute atomic E-state index is 0. The molecule has 5 nitrogen and oxygen atoms in total. The predicted octanol–water partition coefficient (Wildman–Crippen LogP) is -3.15. The van der Waals surface area contributed by atoms with Gasteiger partial charge in [-0.25, -0.2) is 0 Å². The van der Waals surface area contributed by atoms with Gasteiger partial charge in [-0.05, 0) is 0 Å². The Balaban J connectivity index is 0. The quantitative estimate of drug-likeness (QED) is 0.399. The summed E-state index contributed by atoms with van der Waals surface area (Å²) in [5.41, 5.74) is 0. The summed E-state index contributed by atoms with van der Waals surface area (Å²) in [6, 6.07) is 0. The monoisotopic (exact) mass is 202 g/mol. The molecule has 0 saturated heterocycles. The van der Waals surface area contributed by atoms with Crippen LogP contribution in [0.4, 0.5) is 0 Å².